The lowest BCUT2D eigenvalue weighted by Crippen LogP contribution is -2.78. The average Bonchev–Trinajstić information content (AvgIpc) is 0.667. The zero-order chi connectivity index (χ0) is 81.2. The normalized spacial score (nSPS) is 23.7. The lowest BCUT2D eigenvalue weighted by atomic mass is 9.41. The number of fused-ring (bicyclic) bond motifs is 6. The van der Waals surface area contributed by atoms with Crippen LogP contribution < -0.4 is 42.9 Å². The van der Waals surface area contributed by atoms with Gasteiger partial charge in [-0.15, -0.1) is 0 Å². The molecule has 3 aliphatic carbocycles. The van der Waals surface area contributed by atoms with Crippen LogP contribution in [-0.2, 0) is 63.2 Å². The van der Waals surface area contributed by atoms with Crippen LogP contribution in [0.15, 0.2) is 156 Å². The molecule has 11 rings (SSSR count). The number of ether oxygens (including phenoxy) is 4. The number of nitrogens with two attached hydrogens (primary N) is 1. The van der Waals surface area contributed by atoms with Crippen molar-refractivity contribution in [1.82, 2.24) is 30.6 Å². The highest BCUT2D eigenvalue weighted by atomic mass is 28.4. The molecule has 12 N–H and O–H groups in total. The van der Waals surface area contributed by atoms with Gasteiger partial charge < -0.3 is 80.4 Å². The molecule has 32 heteroatoms. The van der Waals surface area contributed by atoms with Crippen molar-refractivity contribution in [3.05, 3.63) is 189 Å². The summed E-state index contributed by atoms with van der Waals surface area (Å²) in [6, 6.07) is 33.0. The van der Waals surface area contributed by atoms with E-state index in [9.17, 15) is 68.7 Å². The van der Waals surface area contributed by atoms with Crippen molar-refractivity contribution < 1.29 is 96.5 Å². The van der Waals surface area contributed by atoms with Crippen molar-refractivity contribution in [2.24, 2.45) is 22.2 Å². The van der Waals surface area contributed by atoms with Gasteiger partial charge in [0.2, 0.25) is 28.5 Å². The number of Topliss-reactive ketones (excluding diaryl/α,β-unsaturated/α-hetero) is 2. The molecule has 13 atom stereocenters. The molecule has 3 amide bonds. The number of aromatic nitrogens is 4. The Morgan fingerprint density at radius 3 is 1.99 bits per heavy atom. The van der Waals surface area contributed by atoms with E-state index in [4.69, 9.17) is 28.8 Å². The molecular weight excluding hydrogens is 1480 g/mol. The van der Waals surface area contributed by atoms with Gasteiger partial charge in [0.1, 0.15) is 29.6 Å². The second-order valence-electron chi connectivity index (χ2n) is 30.7. The molecule has 0 radical (unpaired) electrons. The minimum atomic E-state index is -3.18. The van der Waals surface area contributed by atoms with E-state index >= 15 is 9.59 Å². The van der Waals surface area contributed by atoms with Crippen LogP contribution in [0.1, 0.15) is 135 Å². The number of carboxylic acids is 2. The maximum atomic E-state index is 16.1. The van der Waals surface area contributed by atoms with E-state index in [0.717, 1.165) is 12.1 Å². The molecule has 2 saturated carbocycles. The van der Waals surface area contributed by atoms with Crippen LogP contribution in [0.2, 0.25) is 25.7 Å². The Balaban J connectivity index is 0.818. The van der Waals surface area contributed by atoms with Gasteiger partial charge in [-0.1, -0.05) is 86.6 Å². The van der Waals surface area contributed by atoms with Crippen LogP contribution in [0.4, 0.5) is 17.3 Å². The molecule has 4 aliphatic rings. The Morgan fingerprint density at radius 2 is 1.38 bits per heavy atom. The monoisotopic (exact) mass is 1570 g/mol. The van der Waals surface area contributed by atoms with Crippen molar-refractivity contribution >= 4 is 115 Å². The summed E-state index contributed by atoms with van der Waals surface area (Å²) in [5, 5.41) is 71.4. The molecule has 112 heavy (non-hydrogen) atoms. The van der Waals surface area contributed by atoms with Gasteiger partial charge in [-0.2, -0.15) is 4.98 Å². The number of carbonyl (C=O) groups excluding carboxylic acids is 8. The number of anilines is 3. The largest absolute Gasteiger partial charge is 0.481 e. The smallest absolute Gasteiger partial charge is 0.338 e. The molecule has 3 heterocycles. The molecule has 2 bridgehead atoms. The summed E-state index contributed by atoms with van der Waals surface area (Å²) in [6.07, 6.45) is -10.2. The zero-order valence-corrected chi connectivity index (χ0v) is 65.2. The lowest BCUT2D eigenvalue weighted by Gasteiger charge is -2.68. The zero-order valence-electron chi connectivity index (χ0n) is 63.2. The quantitative estimate of drug-likeness (QED) is 0.0111. The fraction of sp³-hybridized carbons (Fsp3) is 0.400. The number of aliphatic carboxylic acids is 2. The van der Waals surface area contributed by atoms with Crippen molar-refractivity contribution in [1.29, 1.82) is 0 Å². The minimum Gasteiger partial charge on any atom is -0.481 e. The molecule has 1 aliphatic heterocycles. The van der Waals surface area contributed by atoms with Crippen LogP contribution >= 0.6 is 0 Å². The summed E-state index contributed by atoms with van der Waals surface area (Å²) in [5.74, 6) is -10.3. The third kappa shape index (κ3) is 16.8. The maximum absolute atomic E-state index is 16.1. The number of nitrogens with one attached hydrogen (secondary N) is 5. The summed E-state index contributed by atoms with van der Waals surface area (Å²) in [6.45, 7) is 14.2. The van der Waals surface area contributed by atoms with Crippen LogP contribution in [0, 0.1) is 22.2 Å². The number of nitrogen functional groups attached to an aromatic ring is 1. The van der Waals surface area contributed by atoms with Crippen LogP contribution in [0.25, 0.3) is 11.2 Å². The SMILES string of the molecule is CC(=O)C[C@@]12CO[C@@H]1C[C@H](O)[C@@]1(C)C(=O)[C@H](OC(C)=O)C3=C(C)[C@@H](OC(=O)[C@H](O)[C@@H](NC(=O)c4ccccc4)c4ccccc4)C[C@@](O)([C@@H](OC(=O)c4ccc([Si](C)(C)O[Si](C)(CCCC(=O)O)c5ccc(NC(=O)CC[C@H](NC(=O)c6ccc(NCc7cnc8nc(N)[nH]c(=O)c8n7)cc6)C(=O)O)cc5)cc4)[C@H]21)C3(C)C. The standard InChI is InChI=1S/C80H91N9O21Si2/c1-43(90)38-79-42-106-58(79)37-57(92)78(6)66(79)68(80(105)39-56(44(2)61(77(80,4)5)65(67(78)97)107-45(3)91)108-75(104)64(96)62(46-17-12-10-13-18-46)87-71(99)47-19-14-11-15-20-47)109-74(103)49-24-30-53(31-25-49)111(7,8)110-112(9,36-16-21-60(94)95)54-32-28-51(29-33-54)84-59(93)35-34-55(73(101)102)86-70(98)48-22-26-50(27-23-48)82-40-52-41-83-69-63(85-52)72(100)89-76(81)88-69/h10-15,17-20,22-33,41,55-58,62,64-66,68,82,92,96,105H,16,21,34-40,42H2,1-9H3,(H,84,93)(H,86,98)(H,87,99)(H,94,95)(H,101,102)(H3,81,83,88,89,100)/t55-,56-,57-,58+,62-,64+,65+,66-,68-,78+,79+,80+,112?/m0/s1. The Kier molecular flexibility index (Phi) is 24.0. The molecule has 2 aromatic heterocycles. The van der Waals surface area contributed by atoms with Gasteiger partial charge in [0.05, 0.1) is 54.3 Å². The van der Waals surface area contributed by atoms with Crippen molar-refractivity contribution in [2.75, 3.05) is 23.0 Å². The van der Waals surface area contributed by atoms with Gasteiger partial charge in [0, 0.05) is 78.3 Å². The summed E-state index contributed by atoms with van der Waals surface area (Å²) >= 11 is 0. The van der Waals surface area contributed by atoms with E-state index in [-0.39, 0.29) is 102 Å². The van der Waals surface area contributed by atoms with Gasteiger partial charge in [0.15, 0.2) is 29.2 Å². The molecule has 3 fully saturated rings. The Hall–Kier alpha value is -11.0. The van der Waals surface area contributed by atoms with E-state index in [2.05, 4.69) is 41.2 Å². The van der Waals surface area contributed by atoms with Crippen LogP contribution in [-0.4, -0.2) is 176 Å². The number of rotatable bonds is 29. The van der Waals surface area contributed by atoms with Crippen LogP contribution in [0.5, 0.6) is 0 Å². The van der Waals surface area contributed by atoms with Crippen molar-refractivity contribution in [3.8, 4) is 0 Å². The number of esters is 3. The molecule has 1 unspecified atom stereocenters. The second-order valence-corrected chi connectivity index (χ2v) is 38.6. The highest BCUT2D eigenvalue weighted by Gasteiger charge is 2.77. The molecule has 30 nitrogen and oxygen atoms in total. The number of carbonyl (C=O) groups is 10. The third-order valence-corrected chi connectivity index (χ3v) is 30.9. The number of hydrogen-bond donors (Lipinski definition) is 11. The van der Waals surface area contributed by atoms with Crippen molar-refractivity contribution in [2.45, 2.75) is 173 Å². The first-order valence-corrected chi connectivity index (χ1v) is 42.2. The molecule has 7 aromatic rings. The highest BCUT2D eigenvalue weighted by Crippen LogP contribution is 2.67. The van der Waals surface area contributed by atoms with E-state index in [1.54, 1.807) is 123 Å². The van der Waals surface area contributed by atoms with E-state index in [0.29, 0.717) is 33.9 Å². The molecule has 590 valence electrons. The Bertz CT molecular complexity index is 4900. The number of ketones is 2. The minimum absolute atomic E-state index is 0.00538. The summed E-state index contributed by atoms with van der Waals surface area (Å²) < 4.78 is 32.5. The number of hydrogen-bond acceptors (Lipinski definition) is 24. The van der Waals surface area contributed by atoms with Gasteiger partial charge in [-0.3, -0.25) is 38.5 Å². The van der Waals surface area contributed by atoms with Gasteiger partial charge >= 0.3 is 29.8 Å². The first-order valence-electron chi connectivity index (χ1n) is 36.7. The number of amides is 3. The highest BCUT2D eigenvalue weighted by molar-refractivity contribution is 6.97. The predicted molar refractivity (Wildman–Crippen MR) is 411 cm³/mol. The predicted octanol–water partition coefficient (Wildman–Crippen LogP) is 6.00. The number of aromatic amines is 1. The number of carboxylic acid groups (broad SMARTS) is 2. The number of benzene rings is 5. The lowest BCUT2D eigenvalue weighted by molar-refractivity contribution is -0.319. The van der Waals surface area contributed by atoms with Gasteiger partial charge in [0.25, 0.3) is 17.4 Å². The fourth-order valence-electron chi connectivity index (χ4n) is 16.5. The molecular formula is C80H91N9O21Si2. The first kappa shape index (κ1) is 82.0. The van der Waals surface area contributed by atoms with Crippen LogP contribution in [0.3, 0.4) is 0 Å². The first-order chi connectivity index (χ1) is 52.9. The maximum Gasteiger partial charge on any atom is 0.338 e. The average molecular weight is 1570 g/mol. The summed E-state index contributed by atoms with van der Waals surface area (Å²) in [5.41, 5.74) is -0.636. The molecule has 5 aromatic carbocycles. The topological polar surface area (TPSA) is 464 Å². The molecule has 1 saturated heterocycles. The third-order valence-electron chi connectivity index (χ3n) is 22.4. The number of aliphatic hydroxyl groups is 3. The van der Waals surface area contributed by atoms with Gasteiger partial charge in [-0.25, -0.2) is 24.4 Å². The second kappa shape index (κ2) is 32.7. The Labute approximate surface area is 645 Å². The Morgan fingerprint density at radius 1 is 0.759 bits per heavy atom. The summed E-state index contributed by atoms with van der Waals surface area (Å²) in [4.78, 5) is 165. The molecule has 0 spiro atoms. The fourth-order valence-corrected chi connectivity index (χ4v) is 25.3. The van der Waals surface area contributed by atoms with Gasteiger partial charge in [-0.05, 0) is 147 Å². The number of H-pyrrole nitrogens is 1. The van der Waals surface area contributed by atoms with E-state index < -0.39 is 158 Å². The summed E-state index contributed by atoms with van der Waals surface area (Å²) in [7, 11) is -6.32. The van der Waals surface area contributed by atoms with E-state index in [1.165, 1.54) is 51.2 Å². The van der Waals surface area contributed by atoms with E-state index in [1.807, 2.05) is 19.6 Å². The number of aliphatic hydroxyl groups excluding tert-OH is 2. The number of nitrogens with zero attached hydrogens (tertiary/aromatic N) is 3. The van der Waals surface area contributed by atoms with Crippen molar-refractivity contribution in [3.63, 3.8) is 0 Å².